The van der Waals surface area contributed by atoms with E-state index < -0.39 is 48.6 Å². The maximum atomic E-state index is 13.0. The maximum Gasteiger partial charge on any atom is 0.338 e. The molecule has 0 saturated carbocycles. The highest BCUT2D eigenvalue weighted by atomic mass is 16.7. The standard InChI is InChI=1S/C34H28O10/c1-3-29(35)41-25-11-9-19-13-23(7-5-21(19)15-25)33(37)43-27-17-39-32-28(18-40-31(27)32)44-34(38)24-8-6-22-16-26(42-30(36)4-2)12-10-20(22)14-24/h3-16,27-29,31-32,35H,1-2,17-18H2/t27-,28+,29?,31-,32-/m1/s1. The quantitative estimate of drug-likeness (QED) is 0.0969. The molecule has 0 aromatic heterocycles. The molecule has 6 rings (SSSR count). The van der Waals surface area contributed by atoms with Gasteiger partial charge in [0, 0.05) is 6.08 Å². The van der Waals surface area contributed by atoms with Gasteiger partial charge < -0.3 is 33.5 Å². The Hall–Kier alpha value is -5.03. The van der Waals surface area contributed by atoms with E-state index in [0.29, 0.717) is 22.6 Å². The van der Waals surface area contributed by atoms with Gasteiger partial charge in [-0.1, -0.05) is 37.4 Å². The number of hydrogen-bond donors (Lipinski definition) is 1. The predicted molar refractivity (Wildman–Crippen MR) is 158 cm³/mol. The molecule has 2 saturated heterocycles. The molecule has 0 radical (unpaired) electrons. The van der Waals surface area contributed by atoms with Crippen LogP contribution in [0, 0.1) is 0 Å². The van der Waals surface area contributed by atoms with Crippen LogP contribution in [0.3, 0.4) is 0 Å². The van der Waals surface area contributed by atoms with Crippen molar-refractivity contribution in [1.29, 1.82) is 0 Å². The Balaban J connectivity index is 1.07. The molecule has 4 aromatic carbocycles. The van der Waals surface area contributed by atoms with Gasteiger partial charge in [-0.3, -0.25) is 0 Å². The van der Waals surface area contributed by atoms with Crippen LogP contribution in [-0.2, 0) is 23.7 Å². The van der Waals surface area contributed by atoms with Crippen molar-refractivity contribution in [2.45, 2.75) is 30.7 Å². The van der Waals surface area contributed by atoms with Crippen molar-refractivity contribution in [3.05, 3.63) is 109 Å². The summed E-state index contributed by atoms with van der Waals surface area (Å²) in [6.07, 6.45) is -1.28. The SMILES string of the molecule is C=CC(=O)Oc1ccc2cc(C(=O)O[C@H]3CO[C@H]4[C@@H]3OC[C@H]4OC(=O)c3ccc4cc(OC(O)C=C)ccc4c3)ccc2c1. The number of ether oxygens (including phenoxy) is 6. The lowest BCUT2D eigenvalue weighted by Crippen LogP contribution is -2.36. The molecule has 0 aliphatic carbocycles. The zero-order valence-electron chi connectivity index (χ0n) is 23.4. The van der Waals surface area contributed by atoms with Crippen LogP contribution < -0.4 is 9.47 Å². The van der Waals surface area contributed by atoms with Crippen molar-refractivity contribution in [3.8, 4) is 11.5 Å². The Labute approximate surface area is 252 Å². The van der Waals surface area contributed by atoms with Gasteiger partial charge in [0.2, 0.25) is 6.29 Å². The average molecular weight is 597 g/mol. The Kier molecular flexibility index (Phi) is 8.12. The monoisotopic (exact) mass is 596 g/mol. The number of rotatable bonds is 9. The number of esters is 3. The molecular formula is C34H28O10. The van der Waals surface area contributed by atoms with Crippen molar-refractivity contribution >= 4 is 39.5 Å². The molecule has 2 aliphatic heterocycles. The van der Waals surface area contributed by atoms with Gasteiger partial charge in [0.15, 0.2) is 12.2 Å². The van der Waals surface area contributed by atoms with Crippen LogP contribution in [0.15, 0.2) is 98.1 Å². The Morgan fingerprint density at radius 2 is 1.20 bits per heavy atom. The molecule has 4 aromatic rings. The molecular weight excluding hydrogens is 568 g/mol. The van der Waals surface area contributed by atoms with Crippen LogP contribution in [-0.4, -0.2) is 66.9 Å². The van der Waals surface area contributed by atoms with Crippen molar-refractivity contribution in [2.24, 2.45) is 0 Å². The van der Waals surface area contributed by atoms with Crippen LogP contribution in [0.25, 0.3) is 21.5 Å². The lowest BCUT2D eigenvalue weighted by molar-refractivity contribution is -0.128. The lowest BCUT2D eigenvalue weighted by atomic mass is 10.1. The highest BCUT2D eigenvalue weighted by Gasteiger charge is 2.51. The summed E-state index contributed by atoms with van der Waals surface area (Å²) >= 11 is 0. The lowest BCUT2D eigenvalue weighted by Gasteiger charge is -2.17. The first-order valence-electron chi connectivity index (χ1n) is 13.9. The van der Waals surface area contributed by atoms with E-state index in [2.05, 4.69) is 13.2 Å². The van der Waals surface area contributed by atoms with Crippen molar-refractivity contribution in [2.75, 3.05) is 13.2 Å². The summed E-state index contributed by atoms with van der Waals surface area (Å²) < 4.78 is 33.7. The third kappa shape index (κ3) is 6.04. The Morgan fingerprint density at radius 1 is 0.727 bits per heavy atom. The first kappa shape index (κ1) is 29.1. The third-order valence-electron chi connectivity index (χ3n) is 7.42. The molecule has 10 heteroatoms. The zero-order valence-corrected chi connectivity index (χ0v) is 23.4. The fourth-order valence-corrected chi connectivity index (χ4v) is 5.23. The smallest absolute Gasteiger partial charge is 0.338 e. The van der Waals surface area contributed by atoms with Gasteiger partial charge in [0.1, 0.15) is 23.7 Å². The van der Waals surface area contributed by atoms with Gasteiger partial charge in [0.05, 0.1) is 24.3 Å². The molecule has 0 amide bonds. The number of carbonyl (C=O) groups is 3. The van der Waals surface area contributed by atoms with Gasteiger partial charge in [0.25, 0.3) is 0 Å². The fourth-order valence-electron chi connectivity index (χ4n) is 5.23. The van der Waals surface area contributed by atoms with Gasteiger partial charge in [-0.05, 0) is 76.2 Å². The van der Waals surface area contributed by atoms with Gasteiger partial charge in [-0.2, -0.15) is 0 Å². The maximum absolute atomic E-state index is 13.0. The van der Waals surface area contributed by atoms with E-state index in [0.717, 1.165) is 27.6 Å². The minimum absolute atomic E-state index is 0.0989. The molecule has 224 valence electrons. The predicted octanol–water partition coefficient (Wildman–Crippen LogP) is 4.52. The van der Waals surface area contributed by atoms with Gasteiger partial charge in [-0.25, -0.2) is 14.4 Å². The van der Waals surface area contributed by atoms with E-state index in [1.807, 2.05) is 0 Å². The first-order valence-corrected chi connectivity index (χ1v) is 13.9. The Bertz CT molecular complexity index is 1780. The van der Waals surface area contributed by atoms with Crippen molar-refractivity contribution in [1.82, 2.24) is 0 Å². The van der Waals surface area contributed by atoms with E-state index >= 15 is 0 Å². The molecule has 1 unspecified atom stereocenters. The second-order valence-corrected chi connectivity index (χ2v) is 10.3. The molecule has 10 nitrogen and oxygen atoms in total. The highest BCUT2D eigenvalue weighted by Crippen LogP contribution is 2.32. The summed E-state index contributed by atoms with van der Waals surface area (Å²) in [6.45, 7) is 7.07. The molecule has 2 aliphatic rings. The zero-order chi connectivity index (χ0) is 30.8. The third-order valence-corrected chi connectivity index (χ3v) is 7.42. The molecule has 5 atom stereocenters. The summed E-state index contributed by atoms with van der Waals surface area (Å²) in [7, 11) is 0. The minimum Gasteiger partial charge on any atom is -0.461 e. The summed E-state index contributed by atoms with van der Waals surface area (Å²) in [5.41, 5.74) is 0.689. The van der Waals surface area contributed by atoms with Crippen LogP contribution in [0.1, 0.15) is 20.7 Å². The van der Waals surface area contributed by atoms with Crippen molar-refractivity contribution < 1.29 is 47.9 Å². The van der Waals surface area contributed by atoms with E-state index in [9.17, 15) is 19.5 Å². The van der Waals surface area contributed by atoms with Gasteiger partial charge in [-0.15, -0.1) is 0 Å². The molecule has 1 N–H and O–H groups in total. The number of aliphatic hydroxyl groups is 1. The van der Waals surface area contributed by atoms with Crippen LogP contribution in [0.5, 0.6) is 11.5 Å². The number of carbonyl (C=O) groups excluding carboxylic acids is 3. The second-order valence-electron chi connectivity index (χ2n) is 10.3. The summed E-state index contributed by atoms with van der Waals surface area (Å²) in [6, 6.07) is 20.4. The summed E-state index contributed by atoms with van der Waals surface area (Å²) in [5.74, 6) is -0.812. The Morgan fingerprint density at radius 3 is 1.73 bits per heavy atom. The average Bonchev–Trinajstić information content (AvgIpc) is 3.63. The fraction of sp³-hybridized carbons (Fsp3) is 0.206. The normalized spacial score (nSPS) is 21.3. The molecule has 0 bridgehead atoms. The van der Waals surface area contributed by atoms with Gasteiger partial charge >= 0.3 is 17.9 Å². The second kappa shape index (κ2) is 12.3. The minimum atomic E-state index is -1.12. The highest BCUT2D eigenvalue weighted by molar-refractivity contribution is 5.97. The van der Waals surface area contributed by atoms with Crippen LogP contribution in [0.4, 0.5) is 0 Å². The van der Waals surface area contributed by atoms with Crippen LogP contribution >= 0.6 is 0 Å². The first-order chi connectivity index (χ1) is 21.3. The molecule has 44 heavy (non-hydrogen) atoms. The molecule has 2 fully saturated rings. The number of hydrogen-bond acceptors (Lipinski definition) is 10. The molecule has 2 heterocycles. The largest absolute Gasteiger partial charge is 0.461 e. The van der Waals surface area contributed by atoms with E-state index in [1.54, 1.807) is 72.8 Å². The van der Waals surface area contributed by atoms with E-state index in [4.69, 9.17) is 28.4 Å². The van der Waals surface area contributed by atoms with E-state index in [1.165, 1.54) is 6.08 Å². The van der Waals surface area contributed by atoms with Crippen LogP contribution in [0.2, 0.25) is 0 Å². The summed E-state index contributed by atoms with van der Waals surface area (Å²) in [5, 5.41) is 12.8. The van der Waals surface area contributed by atoms with E-state index in [-0.39, 0.29) is 13.2 Å². The number of benzene rings is 4. The van der Waals surface area contributed by atoms with Crippen molar-refractivity contribution in [3.63, 3.8) is 0 Å². The number of fused-ring (bicyclic) bond motifs is 3. The molecule has 0 spiro atoms. The topological polar surface area (TPSA) is 127 Å². The summed E-state index contributed by atoms with van der Waals surface area (Å²) in [4.78, 5) is 37.5. The number of aliphatic hydroxyl groups excluding tert-OH is 1.